The van der Waals surface area contributed by atoms with E-state index >= 15 is 0 Å². The first-order valence-electron chi connectivity index (χ1n) is 38.2. The molecule has 0 fully saturated rings. The Labute approximate surface area is 668 Å². The van der Waals surface area contributed by atoms with Crippen molar-refractivity contribution < 1.29 is 1.43 Å². The normalized spacial score (nSPS) is 12.5. The maximum absolute atomic E-state index is 5.88. The molecule has 0 saturated heterocycles. The van der Waals surface area contributed by atoms with Gasteiger partial charge >= 0.3 is 24.3 Å². The summed E-state index contributed by atoms with van der Waals surface area (Å²) in [7, 11) is 0.500. The Morgan fingerprint density at radius 2 is 0.670 bits per heavy atom. The SMILES string of the molecule is C.CCCCCCCCC(CCCCCC)Cc1ccc(-c2nc3cc4sc(-c5ccc(CC(CCCCCC)CCCCCCCC)s5)nc4cc3s2)s1.CCCCCCCCC(CCCCCC)Cc1ccc(C)s1.Ic1nc2cc3sc(I)nc3cc2s1.[2H]I.[2H][B][3H].[3H][SnH].[HH]. The third kappa shape index (κ3) is 32.6. The van der Waals surface area contributed by atoms with Crippen molar-refractivity contribution in [3.8, 4) is 19.8 Å². The summed E-state index contributed by atoms with van der Waals surface area (Å²) in [5, 5.41) is 2.34. The van der Waals surface area contributed by atoms with Gasteiger partial charge in [0.2, 0.25) is 0 Å². The van der Waals surface area contributed by atoms with Crippen LogP contribution in [0.2, 0.25) is 0 Å². The first-order chi connectivity index (χ1) is 47.5. The second-order valence-corrected chi connectivity index (χ2v) is 37.4. The molecule has 3 radical (unpaired) electrons. The molecule has 3 unspecified atom stereocenters. The predicted molar refractivity (Wildman–Crippen MR) is 470 cm³/mol. The van der Waals surface area contributed by atoms with Gasteiger partial charge in [0.1, 0.15) is 10.6 Å². The van der Waals surface area contributed by atoms with E-state index in [-0.39, 0.29) is 8.85 Å². The van der Waals surface area contributed by atoms with Gasteiger partial charge in [0.15, 0.2) is 6.03 Å². The number of aromatic nitrogens is 4. The number of rotatable bonds is 44. The topological polar surface area (TPSA) is 51.6 Å². The fraction of sp³-hybridized carbons (Fsp3) is 0.641. The van der Waals surface area contributed by atoms with E-state index in [1.54, 1.807) is 37.3 Å². The molecule has 0 aliphatic carbocycles. The van der Waals surface area contributed by atoms with Crippen molar-refractivity contribution in [2.24, 2.45) is 17.8 Å². The van der Waals surface area contributed by atoms with Crippen molar-refractivity contribution in [1.29, 1.82) is 3.86 Å². The van der Waals surface area contributed by atoms with Gasteiger partial charge in [0.25, 0.3) is 0 Å². The van der Waals surface area contributed by atoms with Crippen LogP contribution in [0.15, 0.2) is 60.7 Å². The van der Waals surface area contributed by atoms with Gasteiger partial charge in [-0.2, -0.15) is 0 Å². The van der Waals surface area contributed by atoms with Crippen LogP contribution in [-0.4, -0.2) is 55.8 Å². The minimum absolute atomic E-state index is 0. The van der Waals surface area contributed by atoms with Crippen LogP contribution >= 0.6 is 148 Å². The second-order valence-electron chi connectivity index (χ2n) is 26.0. The Kier molecular flexibility index (Phi) is 45.2. The van der Waals surface area contributed by atoms with Gasteiger partial charge in [-0.3, -0.25) is 0 Å². The van der Waals surface area contributed by atoms with E-state index in [4.69, 9.17) is 13.8 Å². The fourth-order valence-electron chi connectivity index (χ4n) is 12.8. The number of fused-ring (bicyclic) bond motifs is 4. The summed E-state index contributed by atoms with van der Waals surface area (Å²) < 4.78 is 30.2. The summed E-state index contributed by atoms with van der Waals surface area (Å²) in [4.78, 5) is 28.1. The van der Waals surface area contributed by atoms with Crippen LogP contribution in [-0.2, 0) is 19.3 Å². The second kappa shape index (κ2) is 52.2. The van der Waals surface area contributed by atoms with Crippen LogP contribution in [0.5, 0.6) is 0 Å². The molecule has 2 aromatic carbocycles. The predicted octanol–water partition coefficient (Wildman–Crippen LogP) is 29.8. The third-order valence-corrected chi connectivity index (χ3v) is 27.1. The molecule has 7 heterocycles. The van der Waals surface area contributed by atoms with Crippen LogP contribution in [0.4, 0.5) is 0 Å². The van der Waals surface area contributed by atoms with Crippen molar-refractivity contribution in [2.45, 2.75) is 306 Å². The van der Waals surface area contributed by atoms with Gasteiger partial charge in [-0.1, -0.05) is 280 Å². The quantitative estimate of drug-likeness (QED) is 0.0217. The van der Waals surface area contributed by atoms with E-state index in [0.717, 1.165) is 45.8 Å². The van der Waals surface area contributed by atoms with E-state index in [2.05, 4.69) is 164 Å². The van der Waals surface area contributed by atoms with E-state index in [1.807, 2.05) is 56.7 Å². The van der Waals surface area contributed by atoms with Gasteiger partial charge in [-0.15, -0.1) is 103 Å². The zero-order valence-corrected chi connectivity index (χ0v) is 73.5. The van der Waals surface area contributed by atoms with Crippen molar-refractivity contribution >= 4 is 221 Å². The summed E-state index contributed by atoms with van der Waals surface area (Å²) in [5.41, 5.74) is 4.42. The monoisotopic (exact) mass is 1860 g/mol. The van der Waals surface area contributed by atoms with E-state index in [1.165, 1.54) is 318 Å². The molecule has 3 atom stereocenters. The van der Waals surface area contributed by atoms with Crippen molar-refractivity contribution in [3.63, 3.8) is 0 Å². The Hall–Kier alpha value is 0.154. The maximum atomic E-state index is 5.88. The van der Waals surface area contributed by atoms with E-state index in [9.17, 15) is 0 Å². The molecule has 0 spiro atoms. The minimum Gasteiger partial charge on any atom is 0 e. The molecule has 9 aromatic rings. The summed E-state index contributed by atoms with van der Waals surface area (Å²) in [5.74, 6) is 2.58. The molecule has 0 saturated carbocycles. The van der Waals surface area contributed by atoms with Crippen LogP contribution in [0.25, 0.3) is 60.6 Å². The molecule has 525 valence electrons. The van der Waals surface area contributed by atoms with Gasteiger partial charge in [-0.25, -0.2) is 19.9 Å². The van der Waals surface area contributed by atoms with Crippen LogP contribution in [0, 0.1) is 30.7 Å². The zero-order chi connectivity index (χ0) is 70.3. The molecular formula is C78H123BI3N4S7Sn. The van der Waals surface area contributed by atoms with Crippen LogP contribution in [0.1, 0.15) is 301 Å². The summed E-state index contributed by atoms with van der Waals surface area (Å²) in [6.45, 7) is 16.1. The van der Waals surface area contributed by atoms with Gasteiger partial charge in [0, 0.05) is 20.9 Å². The molecule has 0 aliphatic rings. The summed E-state index contributed by atoms with van der Waals surface area (Å²) in [6, 6.07) is 23.0. The average molecular weight is 1860 g/mol. The van der Waals surface area contributed by atoms with Crippen molar-refractivity contribution in [2.75, 3.05) is 0 Å². The molecule has 0 bridgehead atoms. The maximum Gasteiger partial charge on any atom is 0 e. The number of aryl methyl sites for hydroxylation is 1. The molecule has 94 heavy (non-hydrogen) atoms. The third-order valence-electron chi connectivity index (χ3n) is 18.0. The molecule has 4 nitrogen and oxygen atoms in total. The average Bonchev–Trinajstić information content (AvgIpc) is 1.63. The standard InChI is InChI=1S/C48H72N2S4.C21H38S.C8H2I2N2S2.CH4.BH2.HI.Sn.H2.2H/c1-5-9-13-17-19-23-27-37(25-21-15-11-7-3)33-39-29-31-43(51-39)47-49-41-35-46-42(36-45(41)53-47)50-48(54-46)44-32-30-40(52-44)34-38(26-22-16-12-8-4)28-24-20-18-14-10-6-2;1-4-6-8-10-11-13-15-20(14-12-9-7-5-2)18-21-17-16-19(3)22-21;9-7-11-3-1-5-4(2-6(3)14-7)12-8(10)13-5;;;;;;;/h29-32,35-38H,5-28,33-34H2,1-4H3;16-17,20H,4-15,18H2,1-3H3;1-2H;1H4;1H2;1H;;1H;;/i;;;;1TD;;;;1+2;/hD. The fourth-order valence-corrected chi connectivity index (χ4v) is 21.4. The summed E-state index contributed by atoms with van der Waals surface area (Å²) in [6.07, 6.45) is 54.3. The summed E-state index contributed by atoms with van der Waals surface area (Å²) >= 11 is 19.6. The van der Waals surface area contributed by atoms with Gasteiger partial charge in [-0.05, 0) is 152 Å². The smallest absolute Gasteiger partial charge is 0 e. The number of unbranched alkanes of at least 4 members (excludes halogenated alkanes) is 24. The Morgan fingerprint density at radius 3 is 0.968 bits per heavy atom. The first kappa shape index (κ1) is 81.5. The van der Waals surface area contributed by atoms with Crippen LogP contribution < -0.4 is 0 Å². The molecule has 16 heteroatoms. The number of hydrogen-bond donors (Lipinski definition) is 0. The van der Waals surface area contributed by atoms with Gasteiger partial charge in [0.05, 0.1) is 59.0 Å². The van der Waals surface area contributed by atoms with Crippen molar-refractivity contribution in [3.05, 3.63) is 86.2 Å². The minimum atomic E-state index is 0. The number of thiophene rings is 3. The van der Waals surface area contributed by atoms with E-state index in [0.29, 0.717) is 32.0 Å². The molecule has 9 rings (SSSR count). The number of thiazole rings is 4. The van der Waals surface area contributed by atoms with Gasteiger partial charge < -0.3 is 0 Å². The molecule has 0 aliphatic heterocycles. The largest absolute Gasteiger partial charge is 0 e. The van der Waals surface area contributed by atoms with Crippen molar-refractivity contribution in [1.82, 2.24) is 19.9 Å². The van der Waals surface area contributed by atoms with E-state index < -0.39 is 0 Å². The number of halogens is 3. The number of benzene rings is 2. The Bertz CT molecular complexity index is 3110. The molecule has 0 amide bonds. The number of hydrogen-bond acceptors (Lipinski definition) is 11. The first-order valence-corrected chi connectivity index (χ1v) is 43.9. The molecular weight excluding hydrogens is 1730 g/mol. The molecule has 0 N–H and O–H groups in total. The molecule has 7 aromatic heterocycles. The number of nitrogens with zero attached hydrogens (tertiary/aromatic N) is 4. The Balaban J connectivity index is 0.000000601. The Morgan fingerprint density at radius 1 is 0.415 bits per heavy atom. The van der Waals surface area contributed by atoms with Crippen LogP contribution in [0.3, 0.4) is 0 Å². The zero-order valence-electron chi connectivity index (χ0n) is 62.0.